The van der Waals surface area contributed by atoms with Crippen LogP contribution in [0, 0.1) is 0 Å². The molecule has 2 amide bonds. The lowest BCUT2D eigenvalue weighted by atomic mass is 10.1. The molecule has 1 aromatic carbocycles. The van der Waals surface area contributed by atoms with Crippen molar-refractivity contribution in [3.63, 3.8) is 0 Å². The number of allylic oxidation sites excluding steroid dienone is 1. The summed E-state index contributed by atoms with van der Waals surface area (Å²) in [4.78, 5) is 26.3. The largest absolute Gasteiger partial charge is 0.339 e. The van der Waals surface area contributed by atoms with Gasteiger partial charge in [0.2, 0.25) is 5.91 Å². The molecular formula is C18H23N5O2S. The number of anilines is 1. The first-order valence-electron chi connectivity index (χ1n) is 8.39. The van der Waals surface area contributed by atoms with Crippen LogP contribution >= 0.6 is 11.8 Å². The van der Waals surface area contributed by atoms with Crippen molar-refractivity contribution in [3.05, 3.63) is 48.8 Å². The molecule has 0 spiro atoms. The molecule has 138 valence electrons. The molecule has 2 aromatic rings. The molecule has 2 rings (SSSR count). The van der Waals surface area contributed by atoms with Gasteiger partial charge in [0.25, 0.3) is 5.91 Å². The van der Waals surface area contributed by atoms with Gasteiger partial charge in [-0.1, -0.05) is 23.9 Å². The number of amides is 2. The van der Waals surface area contributed by atoms with Gasteiger partial charge in [0.1, 0.15) is 6.33 Å². The quantitative estimate of drug-likeness (QED) is 0.540. The van der Waals surface area contributed by atoms with Gasteiger partial charge in [-0.05, 0) is 32.0 Å². The lowest BCUT2D eigenvalue weighted by Crippen LogP contribution is -2.30. The summed E-state index contributed by atoms with van der Waals surface area (Å²) in [6, 6.07) is 6.98. The third-order valence-corrected chi connectivity index (χ3v) is 4.66. The molecular weight excluding hydrogens is 350 g/mol. The molecule has 8 heteroatoms. The van der Waals surface area contributed by atoms with Crippen LogP contribution in [-0.4, -0.2) is 50.3 Å². The molecule has 26 heavy (non-hydrogen) atoms. The molecule has 7 nitrogen and oxygen atoms in total. The highest BCUT2D eigenvalue weighted by Crippen LogP contribution is 2.17. The maximum Gasteiger partial charge on any atom is 0.253 e. The first-order chi connectivity index (χ1) is 12.6. The van der Waals surface area contributed by atoms with Crippen molar-refractivity contribution >= 4 is 29.3 Å². The third-order valence-electron chi connectivity index (χ3n) is 3.68. The zero-order chi connectivity index (χ0) is 18.9. The van der Waals surface area contributed by atoms with E-state index in [4.69, 9.17) is 0 Å². The van der Waals surface area contributed by atoms with Gasteiger partial charge in [0.15, 0.2) is 5.16 Å². The zero-order valence-electron chi connectivity index (χ0n) is 15.0. The highest BCUT2D eigenvalue weighted by atomic mass is 32.2. The van der Waals surface area contributed by atoms with E-state index in [1.54, 1.807) is 41.6 Å². The summed E-state index contributed by atoms with van der Waals surface area (Å²) < 4.78 is 1.81. The maximum absolute atomic E-state index is 12.4. The number of benzene rings is 1. The fourth-order valence-electron chi connectivity index (χ4n) is 2.37. The number of hydrogen-bond acceptors (Lipinski definition) is 5. The van der Waals surface area contributed by atoms with E-state index in [9.17, 15) is 9.59 Å². The Balaban J connectivity index is 1.96. The summed E-state index contributed by atoms with van der Waals surface area (Å²) in [5, 5.41) is 11.3. The number of nitrogens with zero attached hydrogens (tertiary/aromatic N) is 4. The fraction of sp³-hybridized carbons (Fsp3) is 0.333. The monoisotopic (exact) mass is 373 g/mol. The van der Waals surface area contributed by atoms with Crippen LogP contribution in [-0.2, 0) is 11.3 Å². The SMILES string of the molecule is C=CCn1cnnc1SCC(=O)Nc1cccc(C(=O)N(CC)CC)c1. The Morgan fingerprint density at radius 3 is 2.81 bits per heavy atom. The van der Waals surface area contributed by atoms with Gasteiger partial charge in [-0.2, -0.15) is 0 Å². The van der Waals surface area contributed by atoms with Crippen molar-refractivity contribution in [1.82, 2.24) is 19.7 Å². The van der Waals surface area contributed by atoms with Crippen LogP contribution in [0.1, 0.15) is 24.2 Å². The van der Waals surface area contributed by atoms with E-state index >= 15 is 0 Å². The number of nitrogens with one attached hydrogen (secondary N) is 1. The van der Waals surface area contributed by atoms with Crippen LogP contribution in [0.5, 0.6) is 0 Å². The minimum Gasteiger partial charge on any atom is -0.339 e. The molecule has 0 fully saturated rings. The second kappa shape index (κ2) is 9.76. The van der Waals surface area contributed by atoms with Crippen molar-refractivity contribution in [2.75, 3.05) is 24.2 Å². The van der Waals surface area contributed by atoms with Crippen molar-refractivity contribution in [3.8, 4) is 0 Å². The molecule has 1 heterocycles. The minimum absolute atomic E-state index is 0.0435. The standard InChI is InChI=1S/C18H23N5O2S/c1-4-10-23-13-19-21-18(23)26-12-16(24)20-15-9-7-8-14(11-15)17(25)22(5-2)6-3/h4,7-9,11,13H,1,5-6,10,12H2,2-3H3,(H,20,24). The van der Waals surface area contributed by atoms with Crippen LogP contribution in [0.15, 0.2) is 48.4 Å². The predicted molar refractivity (Wildman–Crippen MR) is 103 cm³/mol. The number of aromatic nitrogens is 3. The van der Waals surface area contributed by atoms with Crippen LogP contribution in [0.4, 0.5) is 5.69 Å². The number of carbonyl (C=O) groups is 2. The highest BCUT2D eigenvalue weighted by Gasteiger charge is 2.14. The molecule has 0 radical (unpaired) electrons. The van der Waals surface area contributed by atoms with Gasteiger partial charge in [0, 0.05) is 30.9 Å². The molecule has 0 aliphatic rings. The summed E-state index contributed by atoms with van der Waals surface area (Å²) in [6.45, 7) is 9.44. The Morgan fingerprint density at radius 2 is 2.12 bits per heavy atom. The Bertz CT molecular complexity index is 770. The molecule has 0 aliphatic carbocycles. The van der Waals surface area contributed by atoms with Gasteiger partial charge in [-0.15, -0.1) is 16.8 Å². The summed E-state index contributed by atoms with van der Waals surface area (Å²) >= 11 is 1.30. The van der Waals surface area contributed by atoms with Crippen LogP contribution in [0.25, 0.3) is 0 Å². The van der Waals surface area contributed by atoms with E-state index in [0.717, 1.165) is 0 Å². The Morgan fingerprint density at radius 1 is 1.35 bits per heavy atom. The van der Waals surface area contributed by atoms with Gasteiger partial charge < -0.3 is 14.8 Å². The summed E-state index contributed by atoms with van der Waals surface area (Å²) in [5.74, 6) is -0.0158. The Hall–Kier alpha value is -2.61. The van der Waals surface area contributed by atoms with E-state index in [2.05, 4.69) is 22.1 Å². The van der Waals surface area contributed by atoms with Crippen LogP contribution in [0.2, 0.25) is 0 Å². The number of rotatable bonds is 9. The molecule has 0 bridgehead atoms. The van der Waals surface area contributed by atoms with E-state index in [1.165, 1.54) is 11.8 Å². The molecule has 1 N–H and O–H groups in total. The van der Waals surface area contributed by atoms with Crippen molar-refractivity contribution in [2.45, 2.75) is 25.5 Å². The average Bonchev–Trinajstić information content (AvgIpc) is 3.08. The van der Waals surface area contributed by atoms with E-state index in [0.29, 0.717) is 36.0 Å². The molecule has 0 unspecified atom stereocenters. The second-order valence-electron chi connectivity index (χ2n) is 5.45. The average molecular weight is 373 g/mol. The number of carbonyl (C=O) groups excluding carboxylic acids is 2. The lowest BCUT2D eigenvalue weighted by molar-refractivity contribution is -0.113. The number of thioether (sulfide) groups is 1. The van der Waals surface area contributed by atoms with Crippen LogP contribution < -0.4 is 5.32 Å². The van der Waals surface area contributed by atoms with Gasteiger partial charge in [0.05, 0.1) is 5.75 Å². The van der Waals surface area contributed by atoms with Crippen LogP contribution in [0.3, 0.4) is 0 Å². The van der Waals surface area contributed by atoms with E-state index in [-0.39, 0.29) is 17.6 Å². The smallest absolute Gasteiger partial charge is 0.253 e. The zero-order valence-corrected chi connectivity index (χ0v) is 15.8. The number of hydrogen-bond donors (Lipinski definition) is 1. The van der Waals surface area contributed by atoms with Gasteiger partial charge >= 0.3 is 0 Å². The maximum atomic E-state index is 12.4. The van der Waals surface area contributed by atoms with Gasteiger partial charge in [-0.3, -0.25) is 9.59 Å². The van der Waals surface area contributed by atoms with Crippen molar-refractivity contribution < 1.29 is 9.59 Å². The topological polar surface area (TPSA) is 80.1 Å². The molecule has 0 atom stereocenters. The van der Waals surface area contributed by atoms with Gasteiger partial charge in [-0.25, -0.2) is 0 Å². The normalized spacial score (nSPS) is 10.4. The minimum atomic E-state index is -0.171. The van der Waals surface area contributed by atoms with Crippen molar-refractivity contribution in [1.29, 1.82) is 0 Å². The van der Waals surface area contributed by atoms with E-state index in [1.807, 2.05) is 18.4 Å². The third kappa shape index (κ3) is 5.19. The summed E-state index contributed by atoms with van der Waals surface area (Å²) in [6.07, 6.45) is 3.34. The predicted octanol–water partition coefficient (Wildman–Crippen LogP) is 2.68. The summed E-state index contributed by atoms with van der Waals surface area (Å²) in [5.41, 5.74) is 1.16. The molecule has 0 aliphatic heterocycles. The Kier molecular flexibility index (Phi) is 7.40. The molecule has 0 saturated heterocycles. The van der Waals surface area contributed by atoms with Crippen molar-refractivity contribution in [2.24, 2.45) is 0 Å². The van der Waals surface area contributed by atoms with E-state index < -0.39 is 0 Å². The molecule has 1 aromatic heterocycles. The Labute approximate surface area is 157 Å². The summed E-state index contributed by atoms with van der Waals surface area (Å²) in [7, 11) is 0. The first-order valence-corrected chi connectivity index (χ1v) is 9.38. The lowest BCUT2D eigenvalue weighted by Gasteiger charge is -2.19. The first kappa shape index (κ1) is 19.7. The second-order valence-corrected chi connectivity index (χ2v) is 6.39. The highest BCUT2D eigenvalue weighted by molar-refractivity contribution is 7.99. The molecule has 0 saturated carbocycles. The fourth-order valence-corrected chi connectivity index (χ4v) is 3.10.